The zero-order valence-corrected chi connectivity index (χ0v) is 19.0. The van der Waals surface area contributed by atoms with Crippen molar-refractivity contribution in [3.63, 3.8) is 0 Å². The number of hydrogen-bond acceptors (Lipinski definition) is 4. The Morgan fingerprint density at radius 1 is 1.26 bits per heavy atom. The molecular formula is C19H26ClIN4OS. The Balaban J connectivity index is 0.00000261. The molecule has 5 nitrogen and oxygen atoms in total. The van der Waals surface area contributed by atoms with Gasteiger partial charge in [0.2, 0.25) is 0 Å². The molecule has 2 aromatic rings. The zero-order chi connectivity index (χ0) is 18.2. The van der Waals surface area contributed by atoms with Crippen LogP contribution in [0.4, 0.5) is 0 Å². The number of morpholine rings is 1. The molecule has 1 unspecified atom stereocenters. The number of nitrogens with two attached hydrogens (primary N) is 1. The number of aliphatic imine (C=N–C) groups is 1. The van der Waals surface area contributed by atoms with Crippen LogP contribution in [0.15, 0.2) is 46.8 Å². The fourth-order valence-corrected chi connectivity index (χ4v) is 4.02. The molecule has 1 aromatic carbocycles. The third-order valence-electron chi connectivity index (χ3n) is 4.44. The summed E-state index contributed by atoms with van der Waals surface area (Å²) in [5, 5.41) is 6.06. The first-order valence-corrected chi connectivity index (χ1v) is 10.1. The van der Waals surface area contributed by atoms with E-state index in [1.807, 2.05) is 18.2 Å². The molecule has 0 bridgehead atoms. The van der Waals surface area contributed by atoms with Gasteiger partial charge in [0.25, 0.3) is 0 Å². The maximum atomic E-state index is 6.44. The van der Waals surface area contributed by atoms with Gasteiger partial charge < -0.3 is 15.8 Å². The number of guanidine groups is 1. The van der Waals surface area contributed by atoms with Crippen molar-refractivity contribution < 1.29 is 4.74 Å². The molecule has 1 fully saturated rings. The third-order valence-corrected chi connectivity index (χ3v) is 5.72. The van der Waals surface area contributed by atoms with Crippen molar-refractivity contribution in [3.8, 4) is 0 Å². The van der Waals surface area contributed by atoms with Gasteiger partial charge in [0, 0.05) is 29.5 Å². The number of benzene rings is 1. The Labute approximate surface area is 187 Å². The SMILES string of the molecule is I.NC(=NCC(c1ccccc1Cl)N1CCOCC1)NCCc1cccs1. The van der Waals surface area contributed by atoms with E-state index in [4.69, 9.17) is 22.1 Å². The summed E-state index contributed by atoms with van der Waals surface area (Å²) in [6.07, 6.45) is 0.950. The van der Waals surface area contributed by atoms with Crippen LogP contribution in [-0.4, -0.2) is 50.3 Å². The minimum Gasteiger partial charge on any atom is -0.379 e. The molecule has 1 atom stereocenters. The fourth-order valence-electron chi connectivity index (χ4n) is 3.05. The van der Waals surface area contributed by atoms with Crippen molar-refractivity contribution in [2.45, 2.75) is 12.5 Å². The van der Waals surface area contributed by atoms with E-state index in [9.17, 15) is 0 Å². The zero-order valence-electron chi connectivity index (χ0n) is 15.1. The number of nitrogens with zero attached hydrogens (tertiary/aromatic N) is 2. The first kappa shape index (κ1) is 22.4. The van der Waals surface area contributed by atoms with Crippen LogP contribution in [0.5, 0.6) is 0 Å². The Kier molecular flexibility index (Phi) is 9.84. The summed E-state index contributed by atoms with van der Waals surface area (Å²) in [7, 11) is 0. The van der Waals surface area contributed by atoms with Gasteiger partial charge in [-0.1, -0.05) is 35.9 Å². The van der Waals surface area contributed by atoms with Crippen molar-refractivity contribution >= 4 is 52.9 Å². The lowest BCUT2D eigenvalue weighted by atomic mass is 10.0. The van der Waals surface area contributed by atoms with E-state index in [0.717, 1.165) is 49.9 Å². The van der Waals surface area contributed by atoms with E-state index in [0.29, 0.717) is 12.5 Å². The van der Waals surface area contributed by atoms with Gasteiger partial charge >= 0.3 is 0 Å². The van der Waals surface area contributed by atoms with Gasteiger partial charge in [0.1, 0.15) is 0 Å². The van der Waals surface area contributed by atoms with Crippen molar-refractivity contribution in [1.82, 2.24) is 10.2 Å². The van der Waals surface area contributed by atoms with E-state index in [1.165, 1.54) is 4.88 Å². The minimum absolute atomic E-state index is 0. The maximum Gasteiger partial charge on any atom is 0.188 e. The molecule has 0 saturated carbocycles. The number of rotatable bonds is 7. The van der Waals surface area contributed by atoms with Crippen LogP contribution in [0.25, 0.3) is 0 Å². The third kappa shape index (κ3) is 6.90. The Morgan fingerprint density at radius 2 is 2.04 bits per heavy atom. The largest absolute Gasteiger partial charge is 0.379 e. The first-order chi connectivity index (χ1) is 12.7. The van der Waals surface area contributed by atoms with Crippen molar-refractivity contribution in [1.29, 1.82) is 0 Å². The second-order valence-electron chi connectivity index (χ2n) is 6.17. The van der Waals surface area contributed by atoms with Crippen molar-refractivity contribution in [2.24, 2.45) is 10.7 Å². The van der Waals surface area contributed by atoms with Crippen molar-refractivity contribution in [3.05, 3.63) is 57.2 Å². The highest BCUT2D eigenvalue weighted by Crippen LogP contribution is 2.28. The average molecular weight is 521 g/mol. The second-order valence-corrected chi connectivity index (χ2v) is 7.61. The molecule has 8 heteroatoms. The highest BCUT2D eigenvalue weighted by Gasteiger charge is 2.24. The topological polar surface area (TPSA) is 62.9 Å². The van der Waals surface area contributed by atoms with Crippen LogP contribution in [-0.2, 0) is 11.2 Å². The predicted molar refractivity (Wildman–Crippen MR) is 125 cm³/mol. The summed E-state index contributed by atoms with van der Waals surface area (Å²) in [5.41, 5.74) is 7.16. The van der Waals surface area contributed by atoms with Gasteiger partial charge in [-0.3, -0.25) is 9.89 Å². The molecule has 3 N–H and O–H groups in total. The van der Waals surface area contributed by atoms with E-state index >= 15 is 0 Å². The molecule has 1 aliphatic heterocycles. The number of nitrogens with one attached hydrogen (secondary N) is 1. The molecule has 0 amide bonds. The molecule has 0 spiro atoms. The van der Waals surface area contributed by atoms with Crippen LogP contribution in [0.2, 0.25) is 5.02 Å². The van der Waals surface area contributed by atoms with E-state index < -0.39 is 0 Å². The van der Waals surface area contributed by atoms with Gasteiger partial charge in [-0.15, -0.1) is 35.3 Å². The Bertz CT molecular complexity index is 707. The average Bonchev–Trinajstić information content (AvgIpc) is 3.18. The molecule has 1 aliphatic rings. The van der Waals surface area contributed by atoms with Crippen LogP contribution in [0.3, 0.4) is 0 Å². The summed E-state index contributed by atoms with van der Waals surface area (Å²) >= 11 is 8.20. The Hall–Kier alpha value is -0.870. The quantitative estimate of drug-likeness (QED) is 0.333. The fraction of sp³-hybridized carbons (Fsp3) is 0.421. The maximum absolute atomic E-state index is 6.44. The van der Waals surface area contributed by atoms with Crippen molar-refractivity contribution in [2.75, 3.05) is 39.4 Å². The van der Waals surface area contributed by atoms with Gasteiger partial charge in [0.15, 0.2) is 5.96 Å². The van der Waals surface area contributed by atoms with E-state index in [-0.39, 0.29) is 30.0 Å². The molecular weight excluding hydrogens is 495 g/mol. The highest BCUT2D eigenvalue weighted by molar-refractivity contribution is 14.0. The minimum atomic E-state index is 0. The summed E-state index contributed by atoms with van der Waals surface area (Å²) in [6, 6.07) is 12.3. The van der Waals surface area contributed by atoms with Gasteiger partial charge in [-0.2, -0.15) is 0 Å². The Morgan fingerprint density at radius 3 is 2.74 bits per heavy atom. The monoisotopic (exact) mass is 520 g/mol. The smallest absolute Gasteiger partial charge is 0.188 e. The van der Waals surface area contributed by atoms with Crippen LogP contribution in [0, 0.1) is 0 Å². The molecule has 0 radical (unpaired) electrons. The normalized spacial score (nSPS) is 16.6. The van der Waals surface area contributed by atoms with Crippen LogP contribution in [0.1, 0.15) is 16.5 Å². The predicted octanol–water partition coefficient (Wildman–Crippen LogP) is 3.54. The summed E-state index contributed by atoms with van der Waals surface area (Å²) in [6.45, 7) is 4.57. The summed E-state index contributed by atoms with van der Waals surface area (Å²) < 4.78 is 5.48. The van der Waals surface area contributed by atoms with Gasteiger partial charge in [-0.05, 0) is 29.5 Å². The van der Waals surface area contributed by atoms with Crippen LogP contribution < -0.4 is 11.1 Å². The van der Waals surface area contributed by atoms with E-state index in [1.54, 1.807) is 11.3 Å². The number of halogens is 2. The summed E-state index contributed by atoms with van der Waals surface area (Å²) in [4.78, 5) is 8.29. The standard InChI is InChI=1S/C19H25ClN4OS.HI/c20-17-6-2-1-5-16(17)18(24-9-11-25-12-10-24)14-23-19(21)22-8-7-15-4-3-13-26-15;/h1-6,13,18H,7-12,14H2,(H3,21,22,23);1H. The molecule has 27 heavy (non-hydrogen) atoms. The number of ether oxygens (including phenoxy) is 1. The van der Waals surface area contributed by atoms with E-state index in [2.05, 4.69) is 38.8 Å². The molecule has 3 rings (SSSR count). The molecule has 148 valence electrons. The van der Waals surface area contributed by atoms with Gasteiger partial charge in [0.05, 0.1) is 25.8 Å². The number of thiophene rings is 1. The highest BCUT2D eigenvalue weighted by atomic mass is 127. The molecule has 1 aromatic heterocycles. The lowest BCUT2D eigenvalue weighted by Gasteiger charge is -2.34. The number of hydrogen-bond donors (Lipinski definition) is 2. The molecule has 2 heterocycles. The molecule has 1 saturated heterocycles. The second kappa shape index (κ2) is 11.9. The summed E-state index contributed by atoms with van der Waals surface area (Å²) in [5.74, 6) is 0.479. The lowest BCUT2D eigenvalue weighted by Crippen LogP contribution is -2.41. The first-order valence-electron chi connectivity index (χ1n) is 8.86. The lowest BCUT2D eigenvalue weighted by molar-refractivity contribution is 0.0180. The van der Waals surface area contributed by atoms with Crippen LogP contribution >= 0.6 is 46.9 Å². The molecule has 0 aliphatic carbocycles. The van der Waals surface area contributed by atoms with Gasteiger partial charge in [-0.25, -0.2) is 0 Å².